The van der Waals surface area contributed by atoms with Crippen LogP contribution in [0.1, 0.15) is 28.8 Å². The minimum absolute atomic E-state index is 0.0776. The zero-order chi connectivity index (χ0) is 17.1. The molecule has 0 N–H and O–H groups in total. The lowest BCUT2D eigenvalue weighted by Gasteiger charge is -2.07. The molecule has 2 heterocycles. The Morgan fingerprint density at radius 1 is 1.33 bits per heavy atom. The van der Waals surface area contributed by atoms with Gasteiger partial charge in [-0.1, -0.05) is 22.0 Å². The lowest BCUT2D eigenvalue weighted by atomic mass is 10.2. The first-order valence-electron chi connectivity index (χ1n) is 7.44. The summed E-state index contributed by atoms with van der Waals surface area (Å²) in [5, 5.41) is 8.34. The first kappa shape index (κ1) is 16.4. The van der Waals surface area contributed by atoms with Gasteiger partial charge in [0, 0.05) is 11.0 Å². The van der Waals surface area contributed by atoms with Crippen molar-refractivity contribution in [3.8, 4) is 5.69 Å². The van der Waals surface area contributed by atoms with Crippen LogP contribution in [0.4, 0.5) is 0 Å². The van der Waals surface area contributed by atoms with Crippen molar-refractivity contribution in [1.29, 1.82) is 0 Å². The van der Waals surface area contributed by atoms with Crippen molar-refractivity contribution < 1.29 is 9.53 Å². The molecule has 24 heavy (non-hydrogen) atoms. The Morgan fingerprint density at radius 3 is 2.92 bits per heavy atom. The fraction of sp³-hybridized carbons (Fsp3) is 0.250. The van der Waals surface area contributed by atoms with E-state index in [2.05, 4.69) is 31.1 Å². The lowest BCUT2D eigenvalue weighted by Crippen LogP contribution is -2.11. The largest absolute Gasteiger partial charge is 0.454 e. The summed E-state index contributed by atoms with van der Waals surface area (Å²) in [6.07, 6.45) is 2.96. The summed E-state index contributed by atoms with van der Waals surface area (Å²) in [4.78, 5) is 16.4. The third-order valence-corrected chi connectivity index (χ3v) is 4.10. The smallest absolute Gasteiger partial charge is 0.342 e. The van der Waals surface area contributed by atoms with Crippen LogP contribution in [-0.2, 0) is 17.9 Å². The molecule has 3 aromatic rings. The van der Waals surface area contributed by atoms with Gasteiger partial charge in [0.25, 0.3) is 0 Å². The molecule has 0 fully saturated rings. The highest BCUT2D eigenvalue weighted by molar-refractivity contribution is 9.10. The minimum atomic E-state index is -0.431. The summed E-state index contributed by atoms with van der Waals surface area (Å²) in [5.41, 5.74) is 2.01. The summed E-state index contributed by atoms with van der Waals surface area (Å²) in [6.45, 7) is 4.53. The average Bonchev–Trinajstić information content (AvgIpc) is 3.18. The fourth-order valence-electron chi connectivity index (χ4n) is 2.35. The number of aromatic nitrogens is 5. The Labute approximate surface area is 147 Å². The number of hydrogen-bond acceptors (Lipinski definition) is 5. The van der Waals surface area contributed by atoms with Crippen molar-refractivity contribution in [1.82, 2.24) is 24.5 Å². The van der Waals surface area contributed by atoms with Crippen LogP contribution in [0.2, 0.25) is 0 Å². The van der Waals surface area contributed by atoms with Gasteiger partial charge in [-0.2, -0.15) is 10.2 Å². The number of rotatable bonds is 5. The second kappa shape index (κ2) is 6.96. The summed E-state index contributed by atoms with van der Waals surface area (Å²) >= 11 is 3.43. The van der Waals surface area contributed by atoms with Crippen molar-refractivity contribution in [2.45, 2.75) is 27.0 Å². The summed E-state index contributed by atoms with van der Waals surface area (Å²) < 4.78 is 9.68. The molecule has 0 spiro atoms. The SMILES string of the molecule is CCn1ncnc1COC(=O)c1cnn(-c2cccc(Br)c2)c1C. The molecule has 1 aromatic carbocycles. The number of carbonyl (C=O) groups excluding carboxylic acids is 1. The molecule has 3 rings (SSSR count). The molecular weight excluding hydrogens is 374 g/mol. The van der Waals surface area contributed by atoms with Crippen molar-refractivity contribution in [2.24, 2.45) is 0 Å². The molecule has 124 valence electrons. The van der Waals surface area contributed by atoms with Gasteiger partial charge in [-0.3, -0.25) is 0 Å². The van der Waals surface area contributed by atoms with Gasteiger partial charge in [-0.15, -0.1) is 0 Å². The number of carbonyl (C=O) groups is 1. The van der Waals surface area contributed by atoms with Crippen molar-refractivity contribution in [3.05, 3.63) is 58.3 Å². The number of hydrogen-bond donors (Lipinski definition) is 0. The second-order valence-electron chi connectivity index (χ2n) is 5.10. The number of nitrogens with zero attached hydrogens (tertiary/aromatic N) is 5. The molecule has 0 aliphatic carbocycles. The predicted octanol–water partition coefficient (Wildman–Crippen LogP) is 2.91. The first-order chi connectivity index (χ1) is 11.6. The van der Waals surface area contributed by atoms with Crippen LogP contribution in [0.5, 0.6) is 0 Å². The van der Waals surface area contributed by atoms with Gasteiger partial charge >= 0.3 is 5.97 Å². The minimum Gasteiger partial charge on any atom is -0.454 e. The average molecular weight is 390 g/mol. The molecular formula is C16H16BrN5O2. The number of benzene rings is 1. The number of aryl methyl sites for hydroxylation is 1. The van der Waals surface area contributed by atoms with Crippen molar-refractivity contribution in [2.75, 3.05) is 0 Å². The zero-order valence-corrected chi connectivity index (χ0v) is 14.9. The molecule has 0 unspecified atom stereocenters. The highest BCUT2D eigenvalue weighted by atomic mass is 79.9. The van der Waals surface area contributed by atoms with Crippen molar-refractivity contribution >= 4 is 21.9 Å². The Hall–Kier alpha value is -2.48. The second-order valence-corrected chi connectivity index (χ2v) is 6.02. The van der Waals surface area contributed by atoms with Gasteiger partial charge < -0.3 is 4.74 Å². The van der Waals surface area contributed by atoms with Crippen molar-refractivity contribution in [3.63, 3.8) is 0 Å². The fourth-order valence-corrected chi connectivity index (χ4v) is 2.74. The van der Waals surface area contributed by atoms with E-state index in [1.165, 1.54) is 12.5 Å². The summed E-state index contributed by atoms with van der Waals surface area (Å²) in [5.74, 6) is 0.183. The zero-order valence-electron chi connectivity index (χ0n) is 13.3. The Balaban J connectivity index is 1.77. The molecule has 7 nitrogen and oxygen atoms in total. The summed E-state index contributed by atoms with van der Waals surface area (Å²) in [6, 6.07) is 7.69. The van der Waals surface area contributed by atoms with E-state index in [0.717, 1.165) is 15.9 Å². The van der Waals surface area contributed by atoms with Crippen LogP contribution in [0.3, 0.4) is 0 Å². The molecule has 0 atom stereocenters. The van der Waals surface area contributed by atoms with E-state index in [1.54, 1.807) is 9.36 Å². The highest BCUT2D eigenvalue weighted by Gasteiger charge is 2.17. The Kier molecular flexibility index (Phi) is 4.75. The number of ether oxygens (including phenoxy) is 1. The van der Waals surface area contributed by atoms with Gasteiger partial charge in [0.05, 0.1) is 17.6 Å². The monoisotopic (exact) mass is 389 g/mol. The van der Waals surface area contributed by atoms with Crippen LogP contribution >= 0.6 is 15.9 Å². The van der Waals surface area contributed by atoms with E-state index < -0.39 is 5.97 Å². The van der Waals surface area contributed by atoms with Crippen LogP contribution in [0.25, 0.3) is 5.69 Å². The highest BCUT2D eigenvalue weighted by Crippen LogP contribution is 2.19. The Morgan fingerprint density at radius 2 is 2.17 bits per heavy atom. The van der Waals surface area contributed by atoms with Crippen LogP contribution in [-0.4, -0.2) is 30.5 Å². The molecule has 0 aliphatic rings. The molecule has 2 aromatic heterocycles. The maximum Gasteiger partial charge on any atom is 0.342 e. The normalized spacial score (nSPS) is 10.8. The molecule has 0 aliphatic heterocycles. The maximum atomic E-state index is 12.3. The Bertz CT molecular complexity index is 871. The molecule has 0 saturated heterocycles. The van der Waals surface area contributed by atoms with Crippen LogP contribution < -0.4 is 0 Å². The summed E-state index contributed by atoms with van der Waals surface area (Å²) in [7, 11) is 0. The predicted molar refractivity (Wildman–Crippen MR) is 90.8 cm³/mol. The molecule has 0 radical (unpaired) electrons. The molecule has 0 amide bonds. The maximum absolute atomic E-state index is 12.3. The van der Waals surface area contributed by atoms with E-state index in [4.69, 9.17) is 4.74 Å². The lowest BCUT2D eigenvalue weighted by molar-refractivity contribution is 0.0456. The van der Waals surface area contributed by atoms with Gasteiger partial charge in [-0.25, -0.2) is 19.1 Å². The van der Waals surface area contributed by atoms with Crippen LogP contribution in [0.15, 0.2) is 41.3 Å². The van der Waals surface area contributed by atoms with E-state index >= 15 is 0 Å². The third kappa shape index (κ3) is 3.23. The first-order valence-corrected chi connectivity index (χ1v) is 8.23. The number of halogens is 1. The van der Waals surface area contributed by atoms with Gasteiger partial charge in [-0.05, 0) is 32.0 Å². The standard InChI is InChI=1S/C16H16BrN5O2/c1-3-21-15(18-10-20-21)9-24-16(23)14-8-19-22(11(14)2)13-6-4-5-12(17)7-13/h4-8,10H,3,9H2,1-2H3. The van der Waals surface area contributed by atoms with E-state index in [1.807, 2.05) is 38.1 Å². The van der Waals surface area contributed by atoms with Gasteiger partial charge in [0.1, 0.15) is 11.9 Å². The van der Waals surface area contributed by atoms with Gasteiger partial charge in [0.2, 0.25) is 0 Å². The van der Waals surface area contributed by atoms with Crippen LogP contribution in [0, 0.1) is 6.92 Å². The molecule has 0 bridgehead atoms. The topological polar surface area (TPSA) is 74.8 Å². The van der Waals surface area contributed by atoms with E-state index in [0.29, 0.717) is 17.9 Å². The molecule has 0 saturated carbocycles. The van der Waals surface area contributed by atoms with E-state index in [-0.39, 0.29) is 6.61 Å². The molecule has 8 heteroatoms. The third-order valence-electron chi connectivity index (χ3n) is 3.61. The number of esters is 1. The quantitative estimate of drug-likeness (QED) is 0.627. The van der Waals surface area contributed by atoms with E-state index in [9.17, 15) is 4.79 Å². The van der Waals surface area contributed by atoms with Gasteiger partial charge in [0.15, 0.2) is 12.4 Å².